The Kier molecular flexibility index (Phi) is 8.17. The SMILES string of the molecule is CS(=O)(=O)c1ccc(NC(=Nc2cccc(Cc3ccccc3)n2)NOC(=O)c2cccc(Cl)c2)cc1. The third-order valence-electron chi connectivity index (χ3n) is 5.09. The Hall–Kier alpha value is -4.21. The van der Waals surface area contributed by atoms with Crippen molar-refractivity contribution in [3.63, 3.8) is 0 Å². The molecule has 2 N–H and O–H groups in total. The van der Waals surface area contributed by atoms with Crippen LogP contribution in [0.25, 0.3) is 0 Å². The number of aliphatic imine (C=N–C) groups is 1. The van der Waals surface area contributed by atoms with Crippen molar-refractivity contribution >= 4 is 44.9 Å². The maximum atomic E-state index is 12.5. The van der Waals surface area contributed by atoms with Gasteiger partial charge in [-0.25, -0.2) is 18.2 Å². The summed E-state index contributed by atoms with van der Waals surface area (Å²) in [6.45, 7) is 0. The second kappa shape index (κ2) is 11.7. The number of hydroxylamine groups is 1. The summed E-state index contributed by atoms with van der Waals surface area (Å²) in [5, 5.41) is 3.39. The zero-order chi connectivity index (χ0) is 26.3. The van der Waals surface area contributed by atoms with E-state index in [1.54, 1.807) is 36.4 Å². The Bertz CT molecular complexity index is 1530. The molecule has 0 bridgehead atoms. The Morgan fingerprint density at radius 3 is 2.38 bits per heavy atom. The monoisotopic (exact) mass is 534 g/mol. The average molecular weight is 535 g/mol. The number of anilines is 1. The molecule has 0 saturated heterocycles. The zero-order valence-electron chi connectivity index (χ0n) is 19.8. The number of sulfone groups is 1. The molecule has 4 aromatic rings. The first-order valence-corrected chi connectivity index (χ1v) is 13.4. The number of nitrogens with one attached hydrogen (secondary N) is 2. The zero-order valence-corrected chi connectivity index (χ0v) is 21.3. The van der Waals surface area contributed by atoms with Crippen molar-refractivity contribution in [1.29, 1.82) is 0 Å². The Labute approximate surface area is 219 Å². The largest absolute Gasteiger partial charge is 0.363 e. The van der Waals surface area contributed by atoms with Gasteiger partial charge in [-0.3, -0.25) is 0 Å². The molecule has 0 saturated carbocycles. The molecule has 1 aromatic heterocycles. The lowest BCUT2D eigenvalue weighted by Gasteiger charge is -2.13. The van der Waals surface area contributed by atoms with Crippen molar-refractivity contribution in [2.45, 2.75) is 11.3 Å². The quantitative estimate of drug-likeness (QED) is 0.199. The second-order valence-corrected chi connectivity index (χ2v) is 10.5. The molecule has 0 atom stereocenters. The predicted octanol–water partition coefficient (Wildman–Crippen LogP) is 5.19. The number of hydrogen-bond acceptors (Lipinski definition) is 6. The summed E-state index contributed by atoms with van der Waals surface area (Å²) in [5.41, 5.74) is 5.21. The number of carbonyl (C=O) groups excluding carboxylic acids is 1. The molecule has 0 aliphatic carbocycles. The minimum Gasteiger partial charge on any atom is -0.335 e. The summed E-state index contributed by atoms with van der Waals surface area (Å²) in [6, 6.07) is 27.8. The van der Waals surface area contributed by atoms with Crippen LogP contribution in [0, 0.1) is 0 Å². The van der Waals surface area contributed by atoms with Crippen molar-refractivity contribution in [3.05, 3.63) is 119 Å². The van der Waals surface area contributed by atoms with E-state index in [0.29, 0.717) is 22.9 Å². The standard InChI is InChI=1S/C27H23ClN4O4S/c1-37(34,35)24-15-13-22(14-16-24)30-27(32-36-26(33)20-9-5-10-21(28)18-20)31-25-12-6-11-23(29-25)17-19-7-3-2-4-8-19/h2-16,18H,17H2,1H3,(H2,29,30,31,32). The lowest BCUT2D eigenvalue weighted by Crippen LogP contribution is -2.33. The van der Waals surface area contributed by atoms with Gasteiger partial charge in [-0.2, -0.15) is 10.5 Å². The number of carbonyl (C=O) groups is 1. The van der Waals surface area contributed by atoms with Gasteiger partial charge >= 0.3 is 5.97 Å². The molecular formula is C27H23ClN4O4S. The van der Waals surface area contributed by atoms with Crippen molar-refractivity contribution < 1.29 is 18.0 Å². The van der Waals surface area contributed by atoms with E-state index in [2.05, 4.69) is 20.8 Å². The fraction of sp³-hybridized carbons (Fsp3) is 0.0741. The van der Waals surface area contributed by atoms with Crippen LogP contribution >= 0.6 is 11.6 Å². The smallest absolute Gasteiger partial charge is 0.335 e. The van der Waals surface area contributed by atoms with Crippen LogP contribution in [0.15, 0.2) is 107 Å². The summed E-state index contributed by atoms with van der Waals surface area (Å²) in [6.07, 6.45) is 1.75. The highest BCUT2D eigenvalue weighted by Crippen LogP contribution is 2.17. The minimum absolute atomic E-state index is 0.0619. The molecule has 0 fully saturated rings. The predicted molar refractivity (Wildman–Crippen MR) is 144 cm³/mol. The first-order valence-electron chi connectivity index (χ1n) is 11.1. The Morgan fingerprint density at radius 2 is 1.68 bits per heavy atom. The van der Waals surface area contributed by atoms with E-state index in [1.807, 2.05) is 42.5 Å². The highest BCUT2D eigenvalue weighted by Gasteiger charge is 2.12. The van der Waals surface area contributed by atoms with Crippen LogP contribution in [-0.4, -0.2) is 31.6 Å². The molecule has 0 aliphatic heterocycles. The van der Waals surface area contributed by atoms with Gasteiger partial charge in [0.1, 0.15) is 0 Å². The minimum atomic E-state index is -3.35. The lowest BCUT2D eigenvalue weighted by atomic mass is 10.1. The van der Waals surface area contributed by atoms with Gasteiger partial charge in [0, 0.05) is 29.1 Å². The number of aromatic nitrogens is 1. The van der Waals surface area contributed by atoms with Crippen LogP contribution in [0.2, 0.25) is 5.02 Å². The second-order valence-electron chi connectivity index (χ2n) is 8.03. The maximum absolute atomic E-state index is 12.5. The van der Waals surface area contributed by atoms with E-state index in [1.165, 1.54) is 18.2 Å². The van der Waals surface area contributed by atoms with E-state index in [4.69, 9.17) is 16.4 Å². The number of pyridine rings is 1. The third-order valence-corrected chi connectivity index (χ3v) is 6.46. The molecule has 10 heteroatoms. The van der Waals surface area contributed by atoms with E-state index >= 15 is 0 Å². The van der Waals surface area contributed by atoms with E-state index in [0.717, 1.165) is 17.5 Å². The Morgan fingerprint density at radius 1 is 0.946 bits per heavy atom. The third kappa shape index (κ3) is 7.63. The number of guanidine groups is 1. The number of nitrogens with zero attached hydrogens (tertiary/aromatic N) is 2. The molecule has 37 heavy (non-hydrogen) atoms. The highest BCUT2D eigenvalue weighted by atomic mass is 35.5. The maximum Gasteiger partial charge on any atom is 0.363 e. The van der Waals surface area contributed by atoms with Crippen molar-refractivity contribution in [2.24, 2.45) is 4.99 Å². The number of rotatable bonds is 6. The molecule has 8 nitrogen and oxygen atoms in total. The summed E-state index contributed by atoms with van der Waals surface area (Å²) in [4.78, 5) is 27.0. The van der Waals surface area contributed by atoms with Crippen LogP contribution in [0.4, 0.5) is 11.5 Å². The van der Waals surface area contributed by atoms with Gasteiger partial charge in [0.05, 0.1) is 10.5 Å². The summed E-state index contributed by atoms with van der Waals surface area (Å²) >= 11 is 5.97. The molecule has 188 valence electrons. The number of hydrogen-bond donors (Lipinski definition) is 2. The molecule has 0 unspecified atom stereocenters. The van der Waals surface area contributed by atoms with Crippen LogP contribution in [-0.2, 0) is 21.1 Å². The number of benzene rings is 3. The highest BCUT2D eigenvalue weighted by molar-refractivity contribution is 7.90. The van der Waals surface area contributed by atoms with Gasteiger partial charge in [0.2, 0.25) is 5.96 Å². The molecule has 1 heterocycles. The first-order chi connectivity index (χ1) is 17.8. The summed E-state index contributed by atoms with van der Waals surface area (Å²) in [7, 11) is -3.35. The molecule has 3 aromatic carbocycles. The van der Waals surface area contributed by atoms with Gasteiger partial charge in [-0.1, -0.05) is 54.1 Å². The molecule has 0 amide bonds. The van der Waals surface area contributed by atoms with Crippen molar-refractivity contribution in [2.75, 3.05) is 11.6 Å². The van der Waals surface area contributed by atoms with E-state index in [9.17, 15) is 13.2 Å². The molecular weight excluding hydrogens is 512 g/mol. The molecule has 0 spiro atoms. The molecule has 4 rings (SSSR count). The van der Waals surface area contributed by atoms with Crippen LogP contribution in [0.1, 0.15) is 21.6 Å². The van der Waals surface area contributed by atoms with Gasteiger partial charge < -0.3 is 10.2 Å². The van der Waals surface area contributed by atoms with Crippen molar-refractivity contribution in [1.82, 2.24) is 10.5 Å². The molecule has 0 radical (unpaired) electrons. The van der Waals surface area contributed by atoms with Crippen LogP contribution in [0.5, 0.6) is 0 Å². The summed E-state index contributed by atoms with van der Waals surface area (Å²) in [5.74, 6) is -0.239. The lowest BCUT2D eigenvalue weighted by molar-refractivity contribution is 0.0386. The van der Waals surface area contributed by atoms with Gasteiger partial charge in [0.25, 0.3) is 0 Å². The fourth-order valence-electron chi connectivity index (χ4n) is 3.31. The van der Waals surface area contributed by atoms with Gasteiger partial charge in [-0.15, -0.1) is 0 Å². The van der Waals surface area contributed by atoms with E-state index < -0.39 is 15.8 Å². The fourth-order valence-corrected chi connectivity index (χ4v) is 4.14. The summed E-state index contributed by atoms with van der Waals surface area (Å²) < 4.78 is 23.5. The van der Waals surface area contributed by atoms with Crippen molar-refractivity contribution in [3.8, 4) is 0 Å². The van der Waals surface area contributed by atoms with E-state index in [-0.39, 0.29) is 16.4 Å². The molecule has 0 aliphatic rings. The topological polar surface area (TPSA) is 110 Å². The van der Waals surface area contributed by atoms with Gasteiger partial charge in [-0.05, 0) is 60.2 Å². The first kappa shape index (κ1) is 25.9. The Balaban J connectivity index is 1.57. The van der Waals surface area contributed by atoms with Crippen LogP contribution < -0.4 is 10.8 Å². The van der Waals surface area contributed by atoms with Gasteiger partial charge in [0.15, 0.2) is 15.7 Å². The average Bonchev–Trinajstić information content (AvgIpc) is 2.88. The normalized spacial score (nSPS) is 11.6. The number of halogens is 1. The van der Waals surface area contributed by atoms with Crippen LogP contribution in [0.3, 0.4) is 0 Å².